The van der Waals surface area contributed by atoms with Gasteiger partial charge in [0.15, 0.2) is 6.10 Å². The number of benzene rings is 1. The van der Waals surface area contributed by atoms with Crippen LogP contribution in [0.5, 0.6) is 5.75 Å². The van der Waals surface area contributed by atoms with E-state index in [1.165, 1.54) is 10.5 Å². The molecule has 8 nitrogen and oxygen atoms in total. The number of esters is 1. The number of hydrogen-bond acceptors (Lipinski definition) is 6. The number of piperazine rings is 1. The summed E-state index contributed by atoms with van der Waals surface area (Å²) in [5, 5.41) is 2.72. The van der Waals surface area contributed by atoms with Gasteiger partial charge in [-0.25, -0.2) is 0 Å². The number of amides is 2. The zero-order valence-corrected chi connectivity index (χ0v) is 18.5. The first-order chi connectivity index (χ1) is 14.8. The molecule has 170 valence electrons. The summed E-state index contributed by atoms with van der Waals surface area (Å²) in [5.41, 5.74) is 1.18. The lowest BCUT2D eigenvalue weighted by Gasteiger charge is -2.36. The van der Waals surface area contributed by atoms with Gasteiger partial charge in [0, 0.05) is 19.7 Å². The van der Waals surface area contributed by atoms with Crippen LogP contribution in [-0.4, -0.2) is 67.2 Å². The predicted octanol–water partition coefficient (Wildman–Crippen LogP) is 2.02. The van der Waals surface area contributed by atoms with Crippen LogP contribution in [0.3, 0.4) is 0 Å². The van der Waals surface area contributed by atoms with Gasteiger partial charge in [0.05, 0.1) is 12.5 Å². The molecule has 0 aliphatic carbocycles. The van der Waals surface area contributed by atoms with Gasteiger partial charge in [-0.1, -0.05) is 26.0 Å². The van der Waals surface area contributed by atoms with Crippen LogP contribution in [0.25, 0.3) is 0 Å². The molecule has 1 N–H and O–H groups in total. The molecule has 0 unspecified atom stereocenters. The lowest BCUT2D eigenvalue weighted by molar-refractivity contribution is -0.155. The molecular weight excluding hydrogens is 400 g/mol. The first kappa shape index (κ1) is 23.1. The summed E-state index contributed by atoms with van der Waals surface area (Å²) in [6.45, 7) is 7.36. The Labute approximate surface area is 183 Å². The third-order valence-electron chi connectivity index (χ3n) is 5.64. The van der Waals surface area contributed by atoms with E-state index < -0.39 is 18.1 Å². The van der Waals surface area contributed by atoms with Crippen LogP contribution in [0.15, 0.2) is 24.3 Å². The van der Waals surface area contributed by atoms with Crippen molar-refractivity contribution in [2.75, 3.05) is 26.3 Å². The highest BCUT2D eigenvalue weighted by molar-refractivity contribution is 5.93. The standard InChI is InChI=1S/C23H32N2O6/c1-15(2)17-6-8-18(9-7-17)31-16(3)23(28)25-11-10-24-22(27)20(25)13-21(26)30-14-19-5-4-12-29-19/h6-9,15-16,19-20H,4-5,10-14H2,1-3H3,(H,24,27)/t16-,19+,20+/m0/s1. The first-order valence-electron chi connectivity index (χ1n) is 11.0. The Morgan fingerprint density at radius 3 is 2.61 bits per heavy atom. The van der Waals surface area contributed by atoms with Crippen LogP contribution >= 0.6 is 0 Å². The van der Waals surface area contributed by atoms with E-state index >= 15 is 0 Å². The van der Waals surface area contributed by atoms with Crippen LogP contribution in [0, 0.1) is 0 Å². The second kappa shape index (κ2) is 10.6. The van der Waals surface area contributed by atoms with Crippen molar-refractivity contribution in [2.24, 2.45) is 0 Å². The van der Waals surface area contributed by atoms with Crippen molar-refractivity contribution in [2.45, 2.75) is 64.2 Å². The molecule has 0 radical (unpaired) electrons. The highest BCUT2D eigenvalue weighted by Gasteiger charge is 2.37. The number of carbonyl (C=O) groups is 3. The van der Waals surface area contributed by atoms with Crippen molar-refractivity contribution >= 4 is 17.8 Å². The molecule has 3 atom stereocenters. The van der Waals surface area contributed by atoms with E-state index in [1.807, 2.05) is 24.3 Å². The molecule has 31 heavy (non-hydrogen) atoms. The fourth-order valence-corrected chi connectivity index (χ4v) is 3.78. The van der Waals surface area contributed by atoms with Crippen LogP contribution in [0.4, 0.5) is 0 Å². The minimum Gasteiger partial charge on any atom is -0.481 e. The van der Waals surface area contributed by atoms with E-state index in [4.69, 9.17) is 14.2 Å². The average Bonchev–Trinajstić information content (AvgIpc) is 3.27. The maximum atomic E-state index is 13.0. The van der Waals surface area contributed by atoms with Gasteiger partial charge in [-0.2, -0.15) is 0 Å². The molecule has 2 heterocycles. The Morgan fingerprint density at radius 2 is 1.97 bits per heavy atom. The third-order valence-corrected chi connectivity index (χ3v) is 5.64. The Balaban J connectivity index is 1.58. The van der Waals surface area contributed by atoms with Crippen molar-refractivity contribution in [1.29, 1.82) is 0 Å². The molecule has 2 fully saturated rings. The molecular formula is C23H32N2O6. The first-order valence-corrected chi connectivity index (χ1v) is 11.0. The van der Waals surface area contributed by atoms with Crippen molar-refractivity contribution in [3.63, 3.8) is 0 Å². The smallest absolute Gasteiger partial charge is 0.308 e. The zero-order chi connectivity index (χ0) is 22.4. The van der Waals surface area contributed by atoms with Gasteiger partial charge >= 0.3 is 5.97 Å². The van der Waals surface area contributed by atoms with Gasteiger partial charge in [0.25, 0.3) is 5.91 Å². The third kappa shape index (κ3) is 6.19. The number of rotatable bonds is 8. The summed E-state index contributed by atoms with van der Waals surface area (Å²) in [6.07, 6.45) is 0.737. The summed E-state index contributed by atoms with van der Waals surface area (Å²) < 4.78 is 16.5. The maximum absolute atomic E-state index is 13.0. The molecule has 2 amide bonds. The van der Waals surface area contributed by atoms with Gasteiger partial charge in [-0.05, 0) is 43.4 Å². The monoisotopic (exact) mass is 432 g/mol. The Bertz CT molecular complexity index is 773. The largest absolute Gasteiger partial charge is 0.481 e. The highest BCUT2D eigenvalue weighted by atomic mass is 16.6. The topological polar surface area (TPSA) is 94.2 Å². The summed E-state index contributed by atoms with van der Waals surface area (Å²) >= 11 is 0. The molecule has 0 aromatic heterocycles. The van der Waals surface area contributed by atoms with E-state index in [0.29, 0.717) is 31.4 Å². The van der Waals surface area contributed by atoms with Gasteiger partial charge in [-0.15, -0.1) is 0 Å². The second-order valence-corrected chi connectivity index (χ2v) is 8.34. The molecule has 0 bridgehead atoms. The molecule has 2 saturated heterocycles. The van der Waals surface area contributed by atoms with Crippen LogP contribution in [-0.2, 0) is 23.9 Å². The van der Waals surface area contributed by atoms with E-state index in [2.05, 4.69) is 19.2 Å². The lowest BCUT2D eigenvalue weighted by atomic mass is 10.0. The molecule has 1 aromatic carbocycles. The molecule has 0 saturated carbocycles. The number of nitrogens with one attached hydrogen (secondary N) is 1. The van der Waals surface area contributed by atoms with E-state index in [0.717, 1.165) is 12.8 Å². The van der Waals surface area contributed by atoms with Crippen LogP contribution < -0.4 is 10.1 Å². The Morgan fingerprint density at radius 1 is 1.23 bits per heavy atom. The van der Waals surface area contributed by atoms with Crippen molar-refractivity contribution in [3.8, 4) is 5.75 Å². The SMILES string of the molecule is CC(C)c1ccc(O[C@@H](C)C(=O)N2CCNC(=O)[C@H]2CC(=O)OC[C@H]2CCCO2)cc1. The van der Waals surface area contributed by atoms with Crippen molar-refractivity contribution < 1.29 is 28.6 Å². The molecule has 3 rings (SSSR count). The van der Waals surface area contributed by atoms with Crippen molar-refractivity contribution in [1.82, 2.24) is 10.2 Å². The molecule has 2 aliphatic heterocycles. The van der Waals surface area contributed by atoms with Gasteiger partial charge in [-0.3, -0.25) is 14.4 Å². The summed E-state index contributed by atoms with van der Waals surface area (Å²) in [7, 11) is 0. The van der Waals surface area contributed by atoms with Crippen LogP contribution in [0.1, 0.15) is 51.5 Å². The Kier molecular flexibility index (Phi) is 7.90. The number of ether oxygens (including phenoxy) is 3. The molecule has 1 aromatic rings. The summed E-state index contributed by atoms with van der Waals surface area (Å²) in [4.78, 5) is 39.2. The fourth-order valence-electron chi connectivity index (χ4n) is 3.78. The van der Waals surface area contributed by atoms with E-state index in [-0.39, 0.29) is 30.9 Å². The minimum absolute atomic E-state index is 0.0858. The van der Waals surface area contributed by atoms with Gasteiger partial charge in [0.1, 0.15) is 18.4 Å². The molecule has 2 aliphatic rings. The minimum atomic E-state index is -0.910. The van der Waals surface area contributed by atoms with Gasteiger partial charge < -0.3 is 24.4 Å². The molecule has 8 heteroatoms. The number of carbonyl (C=O) groups excluding carboxylic acids is 3. The van der Waals surface area contributed by atoms with E-state index in [9.17, 15) is 14.4 Å². The van der Waals surface area contributed by atoms with E-state index in [1.54, 1.807) is 6.92 Å². The maximum Gasteiger partial charge on any atom is 0.308 e. The highest BCUT2D eigenvalue weighted by Crippen LogP contribution is 2.21. The van der Waals surface area contributed by atoms with Crippen molar-refractivity contribution in [3.05, 3.63) is 29.8 Å². The number of nitrogens with zero attached hydrogens (tertiary/aromatic N) is 1. The van der Waals surface area contributed by atoms with Gasteiger partial charge in [0.2, 0.25) is 5.91 Å². The second-order valence-electron chi connectivity index (χ2n) is 8.34. The lowest BCUT2D eigenvalue weighted by Crippen LogP contribution is -2.60. The predicted molar refractivity (Wildman–Crippen MR) is 114 cm³/mol. The normalized spacial score (nSPS) is 22.2. The Hall–Kier alpha value is -2.61. The average molecular weight is 433 g/mol. The fraction of sp³-hybridized carbons (Fsp3) is 0.609. The molecule has 0 spiro atoms. The number of hydrogen-bond donors (Lipinski definition) is 1. The summed E-state index contributed by atoms with van der Waals surface area (Å²) in [6, 6.07) is 6.70. The summed E-state index contributed by atoms with van der Waals surface area (Å²) in [5.74, 6) is -0.227. The zero-order valence-electron chi connectivity index (χ0n) is 18.5. The quantitative estimate of drug-likeness (QED) is 0.632. The van der Waals surface area contributed by atoms with Crippen LogP contribution in [0.2, 0.25) is 0 Å².